The first-order chi connectivity index (χ1) is 10.2. The van der Waals surface area contributed by atoms with Crippen LogP contribution in [0.1, 0.15) is 62.2 Å². The minimum atomic E-state index is 0.115. The molecule has 1 heterocycles. The van der Waals surface area contributed by atoms with Gasteiger partial charge >= 0.3 is 0 Å². The van der Waals surface area contributed by atoms with Gasteiger partial charge in [0.2, 0.25) is 0 Å². The molecule has 1 N–H and O–H groups in total. The zero-order valence-corrected chi connectivity index (χ0v) is 13.3. The molecule has 116 valence electrons. The standard InChI is InChI=1S/C17H27N3O/c1-3-11-18-16-13-14(10-12-19-16)17(21)20(2)15-8-6-4-5-7-9-15/h10,12-13,15H,3-9,11H2,1-2H3,(H,18,19). The van der Waals surface area contributed by atoms with Gasteiger partial charge in [0, 0.05) is 31.4 Å². The Balaban J connectivity index is 2.03. The van der Waals surface area contributed by atoms with Crippen LogP contribution in [0.2, 0.25) is 0 Å². The molecule has 4 nitrogen and oxygen atoms in total. The summed E-state index contributed by atoms with van der Waals surface area (Å²) in [5.74, 6) is 0.904. The molecule has 1 amide bonds. The summed E-state index contributed by atoms with van der Waals surface area (Å²) in [7, 11) is 1.94. The normalized spacial score (nSPS) is 16.3. The largest absolute Gasteiger partial charge is 0.370 e. The zero-order chi connectivity index (χ0) is 15.1. The fraction of sp³-hybridized carbons (Fsp3) is 0.647. The summed E-state index contributed by atoms with van der Waals surface area (Å²) < 4.78 is 0. The number of rotatable bonds is 5. The Morgan fingerprint density at radius 1 is 1.33 bits per heavy atom. The Morgan fingerprint density at radius 2 is 2.05 bits per heavy atom. The van der Waals surface area contributed by atoms with Crippen LogP contribution in [0.5, 0.6) is 0 Å². The first kappa shape index (κ1) is 15.8. The Bertz CT molecular complexity index is 453. The second kappa shape index (κ2) is 8.01. The van der Waals surface area contributed by atoms with Crippen molar-refractivity contribution in [2.24, 2.45) is 0 Å². The third-order valence-electron chi connectivity index (χ3n) is 4.26. The lowest BCUT2D eigenvalue weighted by molar-refractivity contribution is 0.0717. The lowest BCUT2D eigenvalue weighted by Gasteiger charge is -2.27. The monoisotopic (exact) mass is 289 g/mol. The van der Waals surface area contributed by atoms with E-state index in [0.29, 0.717) is 6.04 Å². The van der Waals surface area contributed by atoms with Crippen molar-refractivity contribution in [2.45, 2.75) is 57.9 Å². The maximum absolute atomic E-state index is 12.7. The molecule has 1 saturated carbocycles. The number of amides is 1. The summed E-state index contributed by atoms with van der Waals surface area (Å²) in [6, 6.07) is 4.07. The minimum absolute atomic E-state index is 0.115. The van der Waals surface area contributed by atoms with E-state index < -0.39 is 0 Å². The second-order valence-electron chi connectivity index (χ2n) is 5.92. The second-order valence-corrected chi connectivity index (χ2v) is 5.92. The molecule has 1 aliphatic carbocycles. The van der Waals surface area contributed by atoms with Crippen molar-refractivity contribution in [1.82, 2.24) is 9.88 Å². The van der Waals surface area contributed by atoms with Crippen LogP contribution in [0.4, 0.5) is 5.82 Å². The molecule has 1 aliphatic rings. The number of aromatic nitrogens is 1. The zero-order valence-electron chi connectivity index (χ0n) is 13.3. The molecule has 0 atom stereocenters. The van der Waals surface area contributed by atoms with Gasteiger partial charge in [-0.1, -0.05) is 32.6 Å². The van der Waals surface area contributed by atoms with E-state index in [0.717, 1.165) is 37.2 Å². The van der Waals surface area contributed by atoms with Crippen LogP contribution in [0.25, 0.3) is 0 Å². The Morgan fingerprint density at radius 3 is 2.71 bits per heavy atom. The fourth-order valence-electron chi connectivity index (χ4n) is 2.93. The number of carbonyl (C=O) groups is 1. The molecular weight excluding hydrogens is 262 g/mol. The summed E-state index contributed by atoms with van der Waals surface area (Å²) in [4.78, 5) is 18.9. The Hall–Kier alpha value is -1.58. The van der Waals surface area contributed by atoms with Gasteiger partial charge in [0.15, 0.2) is 0 Å². The maximum Gasteiger partial charge on any atom is 0.254 e. The highest BCUT2D eigenvalue weighted by atomic mass is 16.2. The van der Waals surface area contributed by atoms with E-state index in [1.807, 2.05) is 24.1 Å². The molecule has 1 aromatic heterocycles. The first-order valence-electron chi connectivity index (χ1n) is 8.19. The predicted molar refractivity (Wildman–Crippen MR) is 86.6 cm³/mol. The van der Waals surface area contributed by atoms with Crippen molar-refractivity contribution in [2.75, 3.05) is 18.9 Å². The highest BCUT2D eigenvalue weighted by Crippen LogP contribution is 2.22. The Labute approximate surface area is 127 Å². The van der Waals surface area contributed by atoms with Gasteiger partial charge in [0.25, 0.3) is 5.91 Å². The molecule has 21 heavy (non-hydrogen) atoms. The fourth-order valence-corrected chi connectivity index (χ4v) is 2.93. The number of hydrogen-bond acceptors (Lipinski definition) is 3. The minimum Gasteiger partial charge on any atom is -0.370 e. The summed E-state index contributed by atoms with van der Waals surface area (Å²) in [6.07, 6.45) is 10.1. The van der Waals surface area contributed by atoms with Gasteiger partial charge < -0.3 is 10.2 Å². The average Bonchev–Trinajstić information content (AvgIpc) is 2.81. The van der Waals surface area contributed by atoms with E-state index in [-0.39, 0.29) is 5.91 Å². The van der Waals surface area contributed by atoms with Crippen LogP contribution >= 0.6 is 0 Å². The van der Waals surface area contributed by atoms with E-state index in [4.69, 9.17) is 0 Å². The molecule has 0 unspecified atom stereocenters. The van der Waals surface area contributed by atoms with Gasteiger partial charge in [0.05, 0.1) is 0 Å². The molecule has 1 fully saturated rings. The summed E-state index contributed by atoms with van der Waals surface area (Å²) in [5.41, 5.74) is 0.732. The van der Waals surface area contributed by atoms with Gasteiger partial charge in [-0.05, 0) is 31.4 Å². The number of anilines is 1. The highest BCUT2D eigenvalue weighted by Gasteiger charge is 2.22. The number of nitrogens with zero attached hydrogens (tertiary/aromatic N) is 2. The van der Waals surface area contributed by atoms with E-state index in [1.165, 1.54) is 25.7 Å². The highest BCUT2D eigenvalue weighted by molar-refractivity contribution is 5.94. The van der Waals surface area contributed by atoms with Crippen LogP contribution in [-0.2, 0) is 0 Å². The molecule has 2 rings (SSSR count). The van der Waals surface area contributed by atoms with Gasteiger partial charge in [-0.25, -0.2) is 4.98 Å². The van der Waals surface area contributed by atoms with E-state index >= 15 is 0 Å². The van der Waals surface area contributed by atoms with E-state index in [9.17, 15) is 4.79 Å². The lowest BCUT2D eigenvalue weighted by atomic mass is 10.1. The molecule has 0 spiro atoms. The molecule has 0 saturated heterocycles. The summed E-state index contributed by atoms with van der Waals surface area (Å²) in [6.45, 7) is 2.99. The summed E-state index contributed by atoms with van der Waals surface area (Å²) >= 11 is 0. The van der Waals surface area contributed by atoms with Crippen LogP contribution < -0.4 is 5.32 Å². The molecule has 0 aromatic carbocycles. The molecule has 4 heteroatoms. The van der Waals surface area contributed by atoms with E-state index in [2.05, 4.69) is 17.2 Å². The van der Waals surface area contributed by atoms with Crippen LogP contribution in [0, 0.1) is 0 Å². The van der Waals surface area contributed by atoms with E-state index in [1.54, 1.807) is 6.20 Å². The van der Waals surface area contributed by atoms with Crippen molar-refractivity contribution in [3.8, 4) is 0 Å². The average molecular weight is 289 g/mol. The van der Waals surface area contributed by atoms with Crippen molar-refractivity contribution in [3.05, 3.63) is 23.9 Å². The maximum atomic E-state index is 12.7. The smallest absolute Gasteiger partial charge is 0.254 e. The van der Waals surface area contributed by atoms with Gasteiger partial charge in [-0.15, -0.1) is 0 Å². The van der Waals surface area contributed by atoms with Crippen molar-refractivity contribution < 1.29 is 4.79 Å². The third-order valence-corrected chi connectivity index (χ3v) is 4.26. The number of carbonyl (C=O) groups excluding carboxylic acids is 1. The molecular formula is C17H27N3O. The lowest BCUT2D eigenvalue weighted by Crippen LogP contribution is -2.36. The van der Waals surface area contributed by atoms with Crippen molar-refractivity contribution >= 4 is 11.7 Å². The van der Waals surface area contributed by atoms with Crippen LogP contribution in [-0.4, -0.2) is 35.4 Å². The number of nitrogens with one attached hydrogen (secondary N) is 1. The summed E-state index contributed by atoms with van der Waals surface area (Å²) in [5, 5.41) is 3.24. The van der Waals surface area contributed by atoms with Crippen LogP contribution in [0.15, 0.2) is 18.3 Å². The SMILES string of the molecule is CCCNc1cc(C(=O)N(C)C2CCCCCC2)ccn1. The van der Waals surface area contributed by atoms with Gasteiger partial charge in [-0.3, -0.25) is 4.79 Å². The topological polar surface area (TPSA) is 45.2 Å². The molecule has 0 aliphatic heterocycles. The van der Waals surface area contributed by atoms with Crippen molar-refractivity contribution in [1.29, 1.82) is 0 Å². The Kier molecular flexibility index (Phi) is 6.03. The third kappa shape index (κ3) is 4.45. The first-order valence-corrected chi connectivity index (χ1v) is 8.19. The number of pyridine rings is 1. The molecule has 1 aromatic rings. The molecule has 0 radical (unpaired) electrons. The van der Waals surface area contributed by atoms with Crippen LogP contribution in [0.3, 0.4) is 0 Å². The van der Waals surface area contributed by atoms with Gasteiger partial charge in [0.1, 0.15) is 5.82 Å². The van der Waals surface area contributed by atoms with Gasteiger partial charge in [-0.2, -0.15) is 0 Å². The van der Waals surface area contributed by atoms with Crippen molar-refractivity contribution in [3.63, 3.8) is 0 Å². The predicted octanol–water partition coefficient (Wildman–Crippen LogP) is 3.70. The number of hydrogen-bond donors (Lipinski definition) is 1. The quantitative estimate of drug-likeness (QED) is 0.841. The molecule has 0 bridgehead atoms.